The normalized spacial score (nSPS) is 35.3. The van der Waals surface area contributed by atoms with E-state index in [1.807, 2.05) is 39.8 Å². The predicted molar refractivity (Wildman–Crippen MR) is 178 cm³/mol. The predicted octanol–water partition coefficient (Wildman–Crippen LogP) is 3.68. The first kappa shape index (κ1) is 34.7. The maximum absolute atomic E-state index is 14.4. The summed E-state index contributed by atoms with van der Waals surface area (Å²) < 4.78 is 36.3. The minimum atomic E-state index is -0.912. The zero-order valence-corrected chi connectivity index (χ0v) is 29.3. The third-order valence-electron chi connectivity index (χ3n) is 11.4. The van der Waals surface area contributed by atoms with Gasteiger partial charge in [0.15, 0.2) is 23.1 Å². The number of nitrogens with zero attached hydrogens (tertiary/aromatic N) is 1. The molecule has 1 aromatic heterocycles. The van der Waals surface area contributed by atoms with Crippen molar-refractivity contribution in [1.82, 2.24) is 4.90 Å². The highest BCUT2D eigenvalue weighted by molar-refractivity contribution is 6.32. The standard InChI is InChI=1S/C37H43NO12/c1-15-30(41)23(45-8)13-26(47-15)49-35-16(2)46-24(14-36(35,4)38(6)7)18-9-10-19-27(32(18)43)33(44)28-20(31(19)42)11-21(39)29-22(40)12-25(48-34(28)29)37(5)17(3)50-37/h9-12,15-17,23-24,26,30,35,39,41,43H,13-14H2,1-8H3/t15-,16-,17?,23+,24+,26-,30-,35+,36-,37?/m1/s1. The maximum atomic E-state index is 14.4. The molecule has 0 bridgehead atoms. The van der Waals surface area contributed by atoms with Crippen LogP contribution >= 0.6 is 0 Å². The van der Waals surface area contributed by atoms with Crippen LogP contribution in [0.4, 0.5) is 0 Å². The minimum absolute atomic E-state index is 0.0500. The van der Waals surface area contributed by atoms with Crippen LogP contribution in [0, 0.1) is 0 Å². The van der Waals surface area contributed by atoms with E-state index in [4.69, 9.17) is 28.1 Å². The molecule has 0 radical (unpaired) electrons. The summed E-state index contributed by atoms with van der Waals surface area (Å²) in [4.78, 5) is 43.5. The molecule has 2 unspecified atom stereocenters. The van der Waals surface area contributed by atoms with Crippen LogP contribution in [0.2, 0.25) is 0 Å². The SMILES string of the molecule is CO[C@H]1C[C@@H](O[C@H]2[C@@H](C)O[C@H](c3ccc4c(c3O)C(=O)c3c(cc(O)c5c(=O)cc(C6(C)OC6C)oc35)C4=O)C[C@@]2(C)N(C)C)O[C@H](C)[C@H]1O. The van der Waals surface area contributed by atoms with Gasteiger partial charge < -0.3 is 48.3 Å². The number of aliphatic hydroxyl groups is 1. The lowest BCUT2D eigenvalue weighted by Crippen LogP contribution is -2.62. The Morgan fingerprint density at radius 3 is 2.28 bits per heavy atom. The van der Waals surface area contributed by atoms with Gasteiger partial charge in [-0.25, -0.2) is 0 Å². The van der Waals surface area contributed by atoms with E-state index in [2.05, 4.69) is 0 Å². The zero-order chi connectivity index (χ0) is 36.2. The van der Waals surface area contributed by atoms with Gasteiger partial charge in [-0.3, -0.25) is 14.4 Å². The van der Waals surface area contributed by atoms with Gasteiger partial charge in [-0.15, -0.1) is 0 Å². The quantitative estimate of drug-likeness (QED) is 0.250. The van der Waals surface area contributed by atoms with Crippen molar-refractivity contribution in [2.24, 2.45) is 0 Å². The van der Waals surface area contributed by atoms with Crippen LogP contribution in [-0.4, -0.2) is 101 Å². The molecule has 4 aliphatic rings. The van der Waals surface area contributed by atoms with Gasteiger partial charge in [0.05, 0.1) is 41.6 Å². The molecule has 2 aromatic carbocycles. The molecule has 13 heteroatoms. The number of phenolic OH excluding ortho intramolecular Hbond substituents is 2. The second-order valence-corrected chi connectivity index (χ2v) is 14.6. The van der Waals surface area contributed by atoms with Crippen LogP contribution in [0.1, 0.15) is 96.7 Å². The molecule has 0 saturated carbocycles. The number of likely N-dealkylation sites (N-methyl/N-ethyl adjacent to an activating group) is 1. The monoisotopic (exact) mass is 693 g/mol. The number of benzene rings is 2. The van der Waals surface area contributed by atoms with Crippen LogP contribution in [0.25, 0.3) is 11.0 Å². The van der Waals surface area contributed by atoms with Crippen LogP contribution in [-0.2, 0) is 29.3 Å². The third-order valence-corrected chi connectivity index (χ3v) is 11.4. The summed E-state index contributed by atoms with van der Waals surface area (Å²) >= 11 is 0. The fraction of sp³-hybridized carbons (Fsp3) is 0.541. The number of phenols is 2. The Bertz CT molecular complexity index is 1970. The number of ketones is 2. The Balaban J connectivity index is 1.26. The smallest absolute Gasteiger partial charge is 0.202 e. The second-order valence-electron chi connectivity index (χ2n) is 14.6. The molecule has 3 N–H and O–H groups in total. The van der Waals surface area contributed by atoms with Gasteiger partial charge in [0.1, 0.15) is 40.5 Å². The Labute approximate surface area is 288 Å². The molecule has 1 aliphatic carbocycles. The van der Waals surface area contributed by atoms with Crippen molar-refractivity contribution in [2.45, 2.75) is 108 Å². The van der Waals surface area contributed by atoms with Crippen LogP contribution in [0.5, 0.6) is 11.5 Å². The molecule has 0 spiro atoms. The number of rotatable bonds is 6. The number of fused-ring (bicyclic) bond motifs is 4. The first-order valence-electron chi connectivity index (χ1n) is 16.8. The van der Waals surface area contributed by atoms with E-state index in [1.165, 1.54) is 19.2 Å². The number of aromatic hydroxyl groups is 2. The summed E-state index contributed by atoms with van der Waals surface area (Å²) in [6.07, 6.45) is -3.81. The summed E-state index contributed by atoms with van der Waals surface area (Å²) in [6, 6.07) is 5.36. The number of aliphatic hydroxyl groups excluding tert-OH is 1. The molecule has 50 heavy (non-hydrogen) atoms. The molecule has 13 nitrogen and oxygen atoms in total. The Kier molecular flexibility index (Phi) is 8.30. The lowest BCUT2D eigenvalue weighted by atomic mass is 9.77. The number of ether oxygens (including phenoxy) is 5. The number of carbonyl (C=O) groups is 2. The highest BCUT2D eigenvalue weighted by Crippen LogP contribution is 2.49. The van der Waals surface area contributed by atoms with Gasteiger partial charge in [-0.05, 0) is 67.3 Å². The summed E-state index contributed by atoms with van der Waals surface area (Å²) in [5.41, 5.74) is -2.77. The molecule has 4 heterocycles. The van der Waals surface area contributed by atoms with Crippen LogP contribution < -0.4 is 5.43 Å². The topological polar surface area (TPSA) is 178 Å². The second kappa shape index (κ2) is 11.9. The molecule has 3 saturated heterocycles. The van der Waals surface area contributed by atoms with Gasteiger partial charge >= 0.3 is 0 Å². The minimum Gasteiger partial charge on any atom is -0.507 e. The highest BCUT2D eigenvalue weighted by atomic mass is 16.7. The molecule has 3 aliphatic heterocycles. The van der Waals surface area contributed by atoms with Gasteiger partial charge in [-0.1, -0.05) is 6.07 Å². The van der Waals surface area contributed by atoms with E-state index in [9.17, 15) is 29.7 Å². The molecular weight excluding hydrogens is 650 g/mol. The number of methoxy groups -OCH3 is 1. The lowest BCUT2D eigenvalue weighted by Gasteiger charge is -2.52. The molecule has 0 amide bonds. The zero-order valence-electron chi connectivity index (χ0n) is 29.3. The van der Waals surface area contributed by atoms with Crippen LogP contribution in [0.15, 0.2) is 33.5 Å². The first-order valence-corrected chi connectivity index (χ1v) is 16.8. The van der Waals surface area contributed by atoms with E-state index in [-0.39, 0.29) is 45.1 Å². The van der Waals surface area contributed by atoms with Gasteiger partial charge in [0, 0.05) is 41.8 Å². The van der Waals surface area contributed by atoms with Gasteiger partial charge in [-0.2, -0.15) is 0 Å². The number of hydrogen-bond acceptors (Lipinski definition) is 13. The molecule has 10 atom stereocenters. The lowest BCUT2D eigenvalue weighted by molar-refractivity contribution is -0.300. The Hall–Kier alpha value is -3.69. The third kappa shape index (κ3) is 5.13. The molecular formula is C37H43NO12. The average Bonchev–Trinajstić information content (AvgIpc) is 3.68. The van der Waals surface area contributed by atoms with Gasteiger partial charge in [0.25, 0.3) is 0 Å². The van der Waals surface area contributed by atoms with E-state index >= 15 is 0 Å². The van der Waals surface area contributed by atoms with E-state index in [0.29, 0.717) is 18.4 Å². The van der Waals surface area contributed by atoms with Crippen molar-refractivity contribution in [3.8, 4) is 11.5 Å². The number of carbonyl (C=O) groups excluding carboxylic acids is 2. The maximum Gasteiger partial charge on any atom is 0.202 e. The van der Waals surface area contributed by atoms with Crippen LogP contribution in [0.3, 0.4) is 0 Å². The number of hydrogen-bond donors (Lipinski definition) is 3. The van der Waals surface area contributed by atoms with Crippen molar-refractivity contribution in [1.29, 1.82) is 0 Å². The summed E-state index contributed by atoms with van der Waals surface area (Å²) in [5.74, 6) is -2.10. The summed E-state index contributed by atoms with van der Waals surface area (Å²) in [7, 11) is 5.37. The van der Waals surface area contributed by atoms with Crippen molar-refractivity contribution in [2.75, 3.05) is 21.2 Å². The van der Waals surface area contributed by atoms with E-state index in [1.54, 1.807) is 19.9 Å². The summed E-state index contributed by atoms with van der Waals surface area (Å²) in [5, 5.41) is 32.9. The molecule has 268 valence electrons. The Morgan fingerprint density at radius 1 is 0.940 bits per heavy atom. The van der Waals surface area contributed by atoms with E-state index < -0.39 is 82.5 Å². The van der Waals surface area contributed by atoms with Crippen molar-refractivity contribution in [3.05, 3.63) is 68.1 Å². The first-order chi connectivity index (χ1) is 23.5. The van der Waals surface area contributed by atoms with Crippen molar-refractivity contribution < 1.29 is 53.0 Å². The van der Waals surface area contributed by atoms with Gasteiger partial charge in [0.2, 0.25) is 5.78 Å². The van der Waals surface area contributed by atoms with E-state index in [0.717, 1.165) is 6.07 Å². The largest absolute Gasteiger partial charge is 0.507 e. The molecule has 3 fully saturated rings. The fourth-order valence-corrected chi connectivity index (χ4v) is 7.86. The highest BCUT2D eigenvalue weighted by Gasteiger charge is 2.54. The number of epoxide rings is 1. The molecule has 3 aromatic rings. The van der Waals surface area contributed by atoms with Crippen molar-refractivity contribution in [3.63, 3.8) is 0 Å². The fourth-order valence-electron chi connectivity index (χ4n) is 7.86. The van der Waals surface area contributed by atoms with Crippen molar-refractivity contribution >= 4 is 22.5 Å². The Morgan fingerprint density at radius 2 is 1.64 bits per heavy atom. The summed E-state index contributed by atoms with van der Waals surface area (Å²) in [6.45, 7) is 9.18. The molecule has 7 rings (SSSR count). The average molecular weight is 694 g/mol.